The Balaban J connectivity index is 2.21. The standard InChI is InChI=1S/C11H17NS/c1-8(12)6-9-7-13-11-5-3-2-4-10(9)11/h7-8H,2-6,12H2,1H3. The van der Waals surface area contributed by atoms with E-state index in [1.807, 2.05) is 11.3 Å². The molecule has 1 nitrogen and oxygen atoms in total. The van der Waals surface area contributed by atoms with Crippen LogP contribution in [0.1, 0.15) is 35.8 Å². The van der Waals surface area contributed by atoms with Crippen LogP contribution in [0, 0.1) is 0 Å². The Morgan fingerprint density at radius 1 is 1.46 bits per heavy atom. The van der Waals surface area contributed by atoms with Crippen LogP contribution in [-0.2, 0) is 19.3 Å². The molecule has 1 heterocycles. The van der Waals surface area contributed by atoms with Crippen LogP contribution in [0.15, 0.2) is 5.38 Å². The molecule has 0 bridgehead atoms. The first kappa shape index (κ1) is 9.22. The zero-order chi connectivity index (χ0) is 9.26. The lowest BCUT2D eigenvalue weighted by Crippen LogP contribution is -2.18. The third-order valence-corrected chi connectivity index (χ3v) is 3.83. The molecule has 1 aromatic heterocycles. The summed E-state index contributed by atoms with van der Waals surface area (Å²) < 4.78 is 0. The van der Waals surface area contributed by atoms with Gasteiger partial charge in [-0.3, -0.25) is 0 Å². The van der Waals surface area contributed by atoms with Crippen LogP contribution in [-0.4, -0.2) is 6.04 Å². The molecule has 1 aromatic rings. The van der Waals surface area contributed by atoms with Crippen LogP contribution in [0.5, 0.6) is 0 Å². The number of fused-ring (bicyclic) bond motifs is 1. The fraction of sp³-hybridized carbons (Fsp3) is 0.636. The molecule has 0 saturated heterocycles. The molecule has 2 N–H and O–H groups in total. The first-order valence-electron chi connectivity index (χ1n) is 5.11. The van der Waals surface area contributed by atoms with E-state index in [1.165, 1.54) is 31.2 Å². The van der Waals surface area contributed by atoms with E-state index in [2.05, 4.69) is 12.3 Å². The minimum atomic E-state index is 0.306. The molecule has 0 amide bonds. The van der Waals surface area contributed by atoms with Gasteiger partial charge in [0.2, 0.25) is 0 Å². The van der Waals surface area contributed by atoms with Gasteiger partial charge in [-0.05, 0) is 55.5 Å². The molecule has 0 aliphatic heterocycles. The van der Waals surface area contributed by atoms with Crippen LogP contribution >= 0.6 is 11.3 Å². The highest BCUT2D eigenvalue weighted by Crippen LogP contribution is 2.30. The molecule has 0 saturated carbocycles. The highest BCUT2D eigenvalue weighted by atomic mass is 32.1. The zero-order valence-corrected chi connectivity index (χ0v) is 8.99. The van der Waals surface area contributed by atoms with E-state index < -0.39 is 0 Å². The van der Waals surface area contributed by atoms with Crippen molar-refractivity contribution in [3.8, 4) is 0 Å². The molecular weight excluding hydrogens is 178 g/mol. The Bertz CT molecular complexity index is 288. The van der Waals surface area contributed by atoms with Crippen LogP contribution in [0.2, 0.25) is 0 Å². The lowest BCUT2D eigenvalue weighted by Gasteiger charge is -2.13. The van der Waals surface area contributed by atoms with Gasteiger partial charge in [0.25, 0.3) is 0 Å². The summed E-state index contributed by atoms with van der Waals surface area (Å²) in [6.07, 6.45) is 6.41. The third kappa shape index (κ3) is 1.94. The van der Waals surface area contributed by atoms with Crippen LogP contribution in [0.25, 0.3) is 0 Å². The van der Waals surface area contributed by atoms with E-state index >= 15 is 0 Å². The number of aryl methyl sites for hydroxylation is 1. The summed E-state index contributed by atoms with van der Waals surface area (Å²) in [7, 11) is 0. The van der Waals surface area contributed by atoms with Crippen LogP contribution in [0.4, 0.5) is 0 Å². The quantitative estimate of drug-likeness (QED) is 0.771. The molecule has 2 heteroatoms. The van der Waals surface area contributed by atoms with Gasteiger partial charge in [-0.15, -0.1) is 11.3 Å². The summed E-state index contributed by atoms with van der Waals surface area (Å²) in [6, 6.07) is 0.306. The Morgan fingerprint density at radius 3 is 3.00 bits per heavy atom. The maximum Gasteiger partial charge on any atom is 0.00800 e. The summed E-state index contributed by atoms with van der Waals surface area (Å²) in [4.78, 5) is 1.63. The van der Waals surface area contributed by atoms with Crippen molar-refractivity contribution in [2.45, 2.75) is 45.1 Å². The average Bonchev–Trinajstić information content (AvgIpc) is 2.48. The van der Waals surface area contributed by atoms with E-state index in [4.69, 9.17) is 5.73 Å². The molecule has 1 unspecified atom stereocenters. The fourth-order valence-electron chi connectivity index (χ4n) is 2.08. The first-order chi connectivity index (χ1) is 6.27. The number of rotatable bonds is 2. The van der Waals surface area contributed by atoms with Crippen LogP contribution < -0.4 is 5.73 Å². The van der Waals surface area contributed by atoms with Crippen molar-refractivity contribution in [1.82, 2.24) is 0 Å². The maximum absolute atomic E-state index is 5.82. The lowest BCUT2D eigenvalue weighted by molar-refractivity contribution is 0.677. The molecule has 1 aliphatic rings. The topological polar surface area (TPSA) is 26.0 Å². The van der Waals surface area contributed by atoms with E-state index in [-0.39, 0.29) is 0 Å². The smallest absolute Gasteiger partial charge is 0.00800 e. The van der Waals surface area contributed by atoms with Crippen molar-refractivity contribution >= 4 is 11.3 Å². The molecule has 0 aromatic carbocycles. The first-order valence-corrected chi connectivity index (χ1v) is 5.99. The van der Waals surface area contributed by atoms with Gasteiger partial charge in [-0.1, -0.05) is 0 Å². The van der Waals surface area contributed by atoms with Crippen LogP contribution in [0.3, 0.4) is 0 Å². The lowest BCUT2D eigenvalue weighted by atomic mass is 9.94. The van der Waals surface area contributed by atoms with Crippen molar-refractivity contribution in [1.29, 1.82) is 0 Å². The molecule has 13 heavy (non-hydrogen) atoms. The van der Waals surface area contributed by atoms with Gasteiger partial charge in [-0.2, -0.15) is 0 Å². The predicted molar refractivity (Wildman–Crippen MR) is 58.3 cm³/mol. The average molecular weight is 195 g/mol. The molecule has 0 spiro atoms. The normalized spacial score (nSPS) is 18.3. The zero-order valence-electron chi connectivity index (χ0n) is 8.18. The monoisotopic (exact) mass is 195 g/mol. The van der Waals surface area contributed by atoms with Crippen molar-refractivity contribution in [3.63, 3.8) is 0 Å². The molecular formula is C11H17NS. The van der Waals surface area contributed by atoms with Gasteiger partial charge in [-0.25, -0.2) is 0 Å². The minimum Gasteiger partial charge on any atom is -0.328 e. The van der Waals surface area contributed by atoms with Gasteiger partial charge < -0.3 is 5.73 Å². The molecule has 0 fully saturated rings. The Morgan fingerprint density at radius 2 is 2.23 bits per heavy atom. The Hall–Kier alpha value is -0.340. The maximum atomic E-state index is 5.82. The van der Waals surface area contributed by atoms with Crippen molar-refractivity contribution < 1.29 is 0 Å². The predicted octanol–water partition coefficient (Wildman–Crippen LogP) is 2.52. The van der Waals surface area contributed by atoms with Gasteiger partial charge in [0.15, 0.2) is 0 Å². The second-order valence-electron chi connectivity index (χ2n) is 4.05. The number of nitrogens with two attached hydrogens (primary N) is 1. The summed E-state index contributed by atoms with van der Waals surface area (Å²) in [6.45, 7) is 2.09. The molecule has 72 valence electrons. The largest absolute Gasteiger partial charge is 0.328 e. The SMILES string of the molecule is CC(N)Cc1csc2c1CCCC2. The molecule has 0 radical (unpaired) electrons. The Kier molecular flexibility index (Phi) is 2.70. The second-order valence-corrected chi connectivity index (χ2v) is 5.02. The summed E-state index contributed by atoms with van der Waals surface area (Å²) in [5.41, 5.74) is 8.98. The van der Waals surface area contributed by atoms with E-state index in [1.54, 1.807) is 10.4 Å². The van der Waals surface area contributed by atoms with Gasteiger partial charge in [0.05, 0.1) is 0 Å². The van der Waals surface area contributed by atoms with Crippen molar-refractivity contribution in [3.05, 3.63) is 21.4 Å². The molecule has 1 atom stereocenters. The van der Waals surface area contributed by atoms with E-state index in [9.17, 15) is 0 Å². The van der Waals surface area contributed by atoms with Crippen molar-refractivity contribution in [2.24, 2.45) is 5.73 Å². The van der Waals surface area contributed by atoms with Gasteiger partial charge in [0.1, 0.15) is 0 Å². The summed E-state index contributed by atoms with van der Waals surface area (Å²) >= 11 is 1.94. The molecule has 1 aliphatic carbocycles. The Labute approximate surface area is 84.0 Å². The van der Waals surface area contributed by atoms with Crippen molar-refractivity contribution in [2.75, 3.05) is 0 Å². The highest BCUT2D eigenvalue weighted by molar-refractivity contribution is 7.10. The summed E-state index contributed by atoms with van der Waals surface area (Å²) in [5, 5.41) is 2.32. The second kappa shape index (κ2) is 3.81. The molecule has 2 rings (SSSR count). The highest BCUT2D eigenvalue weighted by Gasteiger charge is 2.15. The van der Waals surface area contributed by atoms with E-state index in [0.29, 0.717) is 6.04 Å². The van der Waals surface area contributed by atoms with Gasteiger partial charge >= 0.3 is 0 Å². The minimum absolute atomic E-state index is 0.306. The third-order valence-electron chi connectivity index (χ3n) is 2.69. The summed E-state index contributed by atoms with van der Waals surface area (Å²) in [5.74, 6) is 0. The number of hydrogen-bond donors (Lipinski definition) is 1. The van der Waals surface area contributed by atoms with Gasteiger partial charge in [0, 0.05) is 10.9 Å². The number of thiophene rings is 1. The van der Waals surface area contributed by atoms with E-state index in [0.717, 1.165) is 6.42 Å². The fourth-order valence-corrected chi connectivity index (χ4v) is 3.24. The number of hydrogen-bond acceptors (Lipinski definition) is 2.